The lowest BCUT2D eigenvalue weighted by Crippen LogP contribution is -2.40. The lowest BCUT2D eigenvalue weighted by atomic mass is 10.4. The van der Waals surface area contributed by atoms with E-state index in [2.05, 4.69) is 80.7 Å². The SMILES string of the molecule is C[Si](C)(N=C=N[Si](C)(C)c1ccccc1)c1ccccc1. The fourth-order valence-corrected chi connectivity index (χ4v) is 5.07. The summed E-state index contributed by atoms with van der Waals surface area (Å²) in [6.45, 7) is 8.90. The van der Waals surface area contributed by atoms with Crippen LogP contribution in [-0.4, -0.2) is 22.5 Å². The van der Waals surface area contributed by atoms with E-state index in [0.717, 1.165) is 0 Å². The molecule has 0 saturated heterocycles. The molecule has 4 heteroatoms. The molecule has 108 valence electrons. The third kappa shape index (κ3) is 4.11. The van der Waals surface area contributed by atoms with Gasteiger partial charge in [-0.2, -0.15) is 0 Å². The number of hydrogen-bond donors (Lipinski definition) is 0. The fraction of sp³-hybridized carbons (Fsp3) is 0.235. The second-order valence-electron chi connectivity index (χ2n) is 6.17. The van der Waals surface area contributed by atoms with Crippen molar-refractivity contribution in [1.82, 2.24) is 0 Å². The molecular formula is C17H22N2Si2. The van der Waals surface area contributed by atoms with Gasteiger partial charge in [-0.15, -0.1) is 0 Å². The zero-order valence-electron chi connectivity index (χ0n) is 13.2. The van der Waals surface area contributed by atoms with Gasteiger partial charge in [0.25, 0.3) is 0 Å². The average Bonchev–Trinajstić information content (AvgIpc) is 2.49. The molecule has 0 radical (unpaired) electrons. The molecule has 0 heterocycles. The topological polar surface area (TPSA) is 24.7 Å². The van der Waals surface area contributed by atoms with Crippen molar-refractivity contribution in [1.29, 1.82) is 0 Å². The standard InChI is InChI=1S/C17H22N2Si2/c1-20(2,16-11-7-5-8-12-16)18-15-19-21(3,4)17-13-9-6-10-14-17/h5-14H,1-4H3. The molecule has 0 aromatic heterocycles. The molecule has 2 nitrogen and oxygen atoms in total. The molecule has 0 fully saturated rings. The molecule has 0 atom stereocenters. The van der Waals surface area contributed by atoms with Gasteiger partial charge in [-0.3, -0.25) is 9.32 Å². The van der Waals surface area contributed by atoms with Gasteiger partial charge < -0.3 is 0 Å². The summed E-state index contributed by atoms with van der Waals surface area (Å²) in [6.07, 6.45) is 0. The first-order valence-electron chi connectivity index (χ1n) is 7.22. The molecule has 2 aromatic rings. The van der Waals surface area contributed by atoms with Crippen LogP contribution in [0.1, 0.15) is 0 Å². The van der Waals surface area contributed by atoms with Crippen LogP contribution in [0.25, 0.3) is 0 Å². The van der Waals surface area contributed by atoms with E-state index in [1.807, 2.05) is 12.1 Å². The highest BCUT2D eigenvalue weighted by atomic mass is 28.3. The van der Waals surface area contributed by atoms with Gasteiger partial charge in [0, 0.05) is 0 Å². The van der Waals surface area contributed by atoms with Gasteiger partial charge in [-0.25, -0.2) is 0 Å². The monoisotopic (exact) mass is 310 g/mol. The van der Waals surface area contributed by atoms with Gasteiger partial charge in [-0.05, 0) is 36.6 Å². The highest BCUT2D eigenvalue weighted by Gasteiger charge is 2.24. The summed E-state index contributed by atoms with van der Waals surface area (Å²) >= 11 is 0. The van der Waals surface area contributed by atoms with E-state index in [4.69, 9.17) is 9.32 Å². The highest BCUT2D eigenvalue weighted by molar-refractivity contribution is 6.90. The summed E-state index contributed by atoms with van der Waals surface area (Å²) in [5.74, 6) is 0. The molecule has 0 N–H and O–H groups in total. The Bertz CT molecular complexity index is 588. The van der Waals surface area contributed by atoms with Crippen molar-refractivity contribution in [3.63, 3.8) is 0 Å². The van der Waals surface area contributed by atoms with E-state index < -0.39 is 16.5 Å². The van der Waals surface area contributed by atoms with Crippen molar-refractivity contribution in [3.05, 3.63) is 60.7 Å². The summed E-state index contributed by atoms with van der Waals surface area (Å²) in [5, 5.41) is 2.62. The van der Waals surface area contributed by atoms with E-state index >= 15 is 0 Å². The van der Waals surface area contributed by atoms with E-state index in [0.29, 0.717) is 0 Å². The Morgan fingerprint density at radius 1 is 0.619 bits per heavy atom. The fourth-order valence-electron chi connectivity index (χ4n) is 2.10. The maximum absolute atomic E-state index is 4.69. The maximum Gasteiger partial charge on any atom is 0.220 e. The minimum absolute atomic E-state index is 1.31. The molecular weight excluding hydrogens is 288 g/mol. The Labute approximate surface area is 129 Å². The quantitative estimate of drug-likeness (QED) is 0.611. The zero-order valence-corrected chi connectivity index (χ0v) is 15.2. The number of nitrogens with zero attached hydrogens (tertiary/aromatic N) is 2. The minimum atomic E-state index is -1.84. The van der Waals surface area contributed by atoms with Crippen LogP contribution in [-0.2, 0) is 0 Å². The van der Waals surface area contributed by atoms with E-state index in [1.165, 1.54) is 10.4 Å². The molecule has 2 aromatic carbocycles. The van der Waals surface area contributed by atoms with Gasteiger partial charge in [0.05, 0.1) is 6.01 Å². The largest absolute Gasteiger partial charge is 0.262 e. The number of rotatable bonds is 4. The number of hydrogen-bond acceptors (Lipinski definition) is 2. The predicted octanol–water partition coefficient (Wildman–Crippen LogP) is 3.38. The normalized spacial score (nSPS) is 11.6. The van der Waals surface area contributed by atoms with E-state index in [-0.39, 0.29) is 0 Å². The van der Waals surface area contributed by atoms with Crippen molar-refractivity contribution in [2.45, 2.75) is 26.2 Å². The van der Waals surface area contributed by atoms with Gasteiger partial charge in [-0.1, -0.05) is 60.7 Å². The molecule has 0 aliphatic rings. The van der Waals surface area contributed by atoms with Crippen LogP contribution >= 0.6 is 0 Å². The van der Waals surface area contributed by atoms with Crippen molar-refractivity contribution in [3.8, 4) is 0 Å². The second-order valence-corrected chi connectivity index (χ2v) is 14.0. The summed E-state index contributed by atoms with van der Waals surface area (Å²) in [5.41, 5.74) is 0. The van der Waals surface area contributed by atoms with Gasteiger partial charge in [0.2, 0.25) is 16.5 Å². The van der Waals surface area contributed by atoms with Gasteiger partial charge in [0.15, 0.2) is 0 Å². The molecule has 21 heavy (non-hydrogen) atoms. The number of benzene rings is 2. The van der Waals surface area contributed by atoms with Crippen LogP contribution in [0.15, 0.2) is 70.0 Å². The van der Waals surface area contributed by atoms with Crippen LogP contribution in [0.3, 0.4) is 0 Å². The first kappa shape index (κ1) is 15.6. The molecule has 0 unspecified atom stereocenters. The Balaban J connectivity index is 2.24. The highest BCUT2D eigenvalue weighted by Crippen LogP contribution is 2.06. The van der Waals surface area contributed by atoms with Gasteiger partial charge >= 0.3 is 0 Å². The molecule has 0 bridgehead atoms. The van der Waals surface area contributed by atoms with Crippen molar-refractivity contribution < 1.29 is 0 Å². The van der Waals surface area contributed by atoms with Gasteiger partial charge in [0.1, 0.15) is 0 Å². The lowest BCUT2D eigenvalue weighted by molar-refractivity contribution is 1.55. The smallest absolute Gasteiger partial charge is 0.220 e. The summed E-state index contributed by atoms with van der Waals surface area (Å²) in [7, 11) is -3.68. The second kappa shape index (κ2) is 6.35. The van der Waals surface area contributed by atoms with Crippen LogP contribution in [0.5, 0.6) is 0 Å². The van der Waals surface area contributed by atoms with Crippen LogP contribution in [0.2, 0.25) is 26.2 Å². The minimum Gasteiger partial charge on any atom is -0.262 e. The zero-order chi connectivity index (χ0) is 15.3. The van der Waals surface area contributed by atoms with E-state index in [1.54, 1.807) is 0 Å². The predicted molar refractivity (Wildman–Crippen MR) is 97.0 cm³/mol. The first-order chi connectivity index (χ1) is 9.92. The lowest BCUT2D eigenvalue weighted by Gasteiger charge is -2.16. The third-order valence-electron chi connectivity index (χ3n) is 3.62. The Morgan fingerprint density at radius 2 is 0.952 bits per heavy atom. The Kier molecular flexibility index (Phi) is 4.73. The molecule has 0 saturated carbocycles. The van der Waals surface area contributed by atoms with E-state index in [9.17, 15) is 0 Å². The Morgan fingerprint density at radius 3 is 1.29 bits per heavy atom. The van der Waals surface area contributed by atoms with Crippen molar-refractivity contribution in [2.75, 3.05) is 0 Å². The average molecular weight is 311 g/mol. The first-order valence-corrected chi connectivity index (χ1v) is 13.1. The summed E-state index contributed by atoms with van der Waals surface area (Å²) < 4.78 is 9.39. The Hall–Kier alpha value is -1.75. The third-order valence-corrected chi connectivity index (χ3v) is 8.43. The molecule has 0 aliphatic carbocycles. The molecule has 0 aliphatic heterocycles. The molecule has 0 amide bonds. The molecule has 0 spiro atoms. The van der Waals surface area contributed by atoms with Crippen molar-refractivity contribution in [2.24, 2.45) is 9.32 Å². The molecule has 2 rings (SSSR count). The van der Waals surface area contributed by atoms with Crippen molar-refractivity contribution >= 4 is 32.9 Å². The van der Waals surface area contributed by atoms with Crippen LogP contribution < -0.4 is 10.4 Å². The maximum atomic E-state index is 4.69. The van der Waals surface area contributed by atoms with Crippen LogP contribution in [0.4, 0.5) is 0 Å². The summed E-state index contributed by atoms with van der Waals surface area (Å²) in [6, 6.07) is 24.0. The van der Waals surface area contributed by atoms with Crippen LogP contribution in [0, 0.1) is 0 Å². The summed E-state index contributed by atoms with van der Waals surface area (Å²) in [4.78, 5) is 0.